The van der Waals surface area contributed by atoms with E-state index in [1.807, 2.05) is 0 Å². The quantitative estimate of drug-likeness (QED) is 0.588. The molecule has 2 rings (SSSR count). The van der Waals surface area contributed by atoms with Gasteiger partial charge in [-0.05, 0) is 51.1 Å². The molecule has 0 aromatic rings. The highest BCUT2D eigenvalue weighted by Gasteiger charge is 2.40. The van der Waals surface area contributed by atoms with Crippen LogP contribution in [0.3, 0.4) is 0 Å². The van der Waals surface area contributed by atoms with E-state index in [4.69, 9.17) is 5.73 Å². The first-order valence-electron chi connectivity index (χ1n) is 4.80. The molecule has 1 saturated carbocycles. The highest BCUT2D eigenvalue weighted by atomic mass is 15.0. The molecular formula is C9H18N2. The largest absolute Gasteiger partial charge is 0.330 e. The van der Waals surface area contributed by atoms with Gasteiger partial charge >= 0.3 is 0 Å². The molecule has 1 atom stereocenters. The second kappa shape index (κ2) is 2.76. The molecule has 1 spiro atoms. The van der Waals surface area contributed by atoms with Gasteiger partial charge in [0, 0.05) is 5.54 Å². The van der Waals surface area contributed by atoms with Crippen LogP contribution in [0.2, 0.25) is 0 Å². The first kappa shape index (κ1) is 7.56. The Kier molecular flexibility index (Phi) is 1.90. The second-order valence-electron chi connectivity index (χ2n) is 4.16. The van der Waals surface area contributed by atoms with Gasteiger partial charge in [0.1, 0.15) is 0 Å². The molecule has 0 aromatic heterocycles. The topological polar surface area (TPSA) is 38.0 Å². The van der Waals surface area contributed by atoms with Crippen LogP contribution in [0.1, 0.15) is 32.1 Å². The molecular weight excluding hydrogens is 136 g/mol. The molecule has 11 heavy (non-hydrogen) atoms. The minimum atomic E-state index is 0.544. The minimum absolute atomic E-state index is 0.544. The number of nitrogens with one attached hydrogen (secondary N) is 1. The molecule has 0 amide bonds. The van der Waals surface area contributed by atoms with E-state index in [9.17, 15) is 0 Å². The Bertz CT molecular complexity index is 140. The Morgan fingerprint density at radius 2 is 2.27 bits per heavy atom. The molecule has 1 aliphatic carbocycles. The summed E-state index contributed by atoms with van der Waals surface area (Å²) in [5.74, 6) is 0.802. The van der Waals surface area contributed by atoms with Crippen molar-refractivity contribution in [2.24, 2.45) is 11.7 Å². The summed E-state index contributed by atoms with van der Waals surface area (Å²) in [5, 5.41) is 3.64. The predicted molar refractivity (Wildman–Crippen MR) is 46.4 cm³/mol. The van der Waals surface area contributed by atoms with E-state index in [-0.39, 0.29) is 0 Å². The summed E-state index contributed by atoms with van der Waals surface area (Å²) < 4.78 is 0. The maximum absolute atomic E-state index is 5.68. The van der Waals surface area contributed by atoms with Crippen LogP contribution in [0.15, 0.2) is 0 Å². The average Bonchev–Trinajstić information content (AvgIpc) is 2.02. The molecule has 64 valence electrons. The van der Waals surface area contributed by atoms with E-state index in [1.54, 1.807) is 0 Å². The van der Waals surface area contributed by atoms with Crippen LogP contribution in [0.25, 0.3) is 0 Å². The Balaban J connectivity index is 1.92. The summed E-state index contributed by atoms with van der Waals surface area (Å²) in [6.45, 7) is 2.09. The summed E-state index contributed by atoms with van der Waals surface area (Å²) >= 11 is 0. The third-order valence-electron chi connectivity index (χ3n) is 3.38. The van der Waals surface area contributed by atoms with E-state index in [0.717, 1.165) is 12.5 Å². The van der Waals surface area contributed by atoms with E-state index in [2.05, 4.69) is 5.32 Å². The van der Waals surface area contributed by atoms with Crippen LogP contribution >= 0.6 is 0 Å². The molecule has 1 saturated heterocycles. The molecule has 2 aliphatic rings. The van der Waals surface area contributed by atoms with Crippen molar-refractivity contribution in [3.8, 4) is 0 Å². The number of hydrogen-bond acceptors (Lipinski definition) is 2. The fraction of sp³-hybridized carbons (Fsp3) is 1.00. The van der Waals surface area contributed by atoms with Crippen molar-refractivity contribution < 1.29 is 0 Å². The second-order valence-corrected chi connectivity index (χ2v) is 4.16. The van der Waals surface area contributed by atoms with E-state index >= 15 is 0 Å². The van der Waals surface area contributed by atoms with Gasteiger partial charge in [-0.25, -0.2) is 0 Å². The van der Waals surface area contributed by atoms with Gasteiger partial charge in [0.2, 0.25) is 0 Å². The maximum atomic E-state index is 5.68. The summed E-state index contributed by atoms with van der Waals surface area (Å²) in [5.41, 5.74) is 6.22. The van der Waals surface area contributed by atoms with Crippen molar-refractivity contribution in [3.63, 3.8) is 0 Å². The first-order valence-corrected chi connectivity index (χ1v) is 4.80. The van der Waals surface area contributed by atoms with Crippen LogP contribution in [0, 0.1) is 5.92 Å². The van der Waals surface area contributed by atoms with Gasteiger partial charge in [0.25, 0.3) is 0 Å². The van der Waals surface area contributed by atoms with Crippen LogP contribution < -0.4 is 11.1 Å². The van der Waals surface area contributed by atoms with Crippen LogP contribution in [-0.4, -0.2) is 18.6 Å². The van der Waals surface area contributed by atoms with Gasteiger partial charge in [0.15, 0.2) is 0 Å². The van der Waals surface area contributed by atoms with Crippen LogP contribution in [-0.2, 0) is 0 Å². The number of rotatable bonds is 1. The molecule has 2 fully saturated rings. The SMILES string of the molecule is NCC1CCNC2(CCC2)C1. The Hall–Kier alpha value is -0.0800. The predicted octanol–water partition coefficient (Wildman–Crippen LogP) is 0.867. The standard InChI is InChI=1S/C9H18N2/c10-7-8-2-5-11-9(6-8)3-1-4-9/h8,11H,1-7,10H2. The molecule has 1 aliphatic heterocycles. The Labute approximate surface area is 68.5 Å². The molecule has 2 nitrogen and oxygen atoms in total. The lowest BCUT2D eigenvalue weighted by molar-refractivity contribution is 0.109. The minimum Gasteiger partial charge on any atom is -0.330 e. The number of hydrogen-bond donors (Lipinski definition) is 2. The Morgan fingerprint density at radius 1 is 1.45 bits per heavy atom. The fourth-order valence-corrected chi connectivity index (χ4v) is 2.45. The third-order valence-corrected chi connectivity index (χ3v) is 3.38. The first-order chi connectivity index (χ1) is 5.35. The summed E-state index contributed by atoms with van der Waals surface area (Å²) in [4.78, 5) is 0. The van der Waals surface area contributed by atoms with Crippen molar-refractivity contribution in [3.05, 3.63) is 0 Å². The summed E-state index contributed by atoms with van der Waals surface area (Å²) in [7, 11) is 0. The van der Waals surface area contributed by atoms with Gasteiger partial charge < -0.3 is 11.1 Å². The van der Waals surface area contributed by atoms with Crippen LogP contribution in [0.4, 0.5) is 0 Å². The lowest BCUT2D eigenvalue weighted by Gasteiger charge is -2.48. The molecule has 2 heteroatoms. The van der Waals surface area contributed by atoms with Crippen molar-refractivity contribution in [1.29, 1.82) is 0 Å². The smallest absolute Gasteiger partial charge is 0.0184 e. The molecule has 1 unspecified atom stereocenters. The molecule has 0 radical (unpaired) electrons. The summed E-state index contributed by atoms with van der Waals surface area (Å²) in [6, 6.07) is 0. The van der Waals surface area contributed by atoms with Gasteiger partial charge in [-0.2, -0.15) is 0 Å². The lowest BCUT2D eigenvalue weighted by Crippen LogP contribution is -2.56. The summed E-state index contributed by atoms with van der Waals surface area (Å²) in [6.07, 6.45) is 6.83. The van der Waals surface area contributed by atoms with E-state index in [1.165, 1.54) is 38.6 Å². The van der Waals surface area contributed by atoms with Gasteiger partial charge in [-0.3, -0.25) is 0 Å². The zero-order valence-electron chi connectivity index (χ0n) is 7.10. The van der Waals surface area contributed by atoms with Gasteiger partial charge in [0.05, 0.1) is 0 Å². The van der Waals surface area contributed by atoms with Crippen molar-refractivity contribution in [2.75, 3.05) is 13.1 Å². The molecule has 0 aromatic carbocycles. The number of piperidine rings is 1. The molecule has 3 N–H and O–H groups in total. The highest BCUT2D eigenvalue weighted by Crippen LogP contribution is 2.39. The highest BCUT2D eigenvalue weighted by molar-refractivity contribution is 4.99. The lowest BCUT2D eigenvalue weighted by atomic mass is 9.69. The Morgan fingerprint density at radius 3 is 2.82 bits per heavy atom. The maximum Gasteiger partial charge on any atom is 0.0184 e. The van der Waals surface area contributed by atoms with Crippen molar-refractivity contribution in [2.45, 2.75) is 37.6 Å². The van der Waals surface area contributed by atoms with Gasteiger partial charge in [-0.15, -0.1) is 0 Å². The monoisotopic (exact) mass is 154 g/mol. The average molecular weight is 154 g/mol. The van der Waals surface area contributed by atoms with E-state index < -0.39 is 0 Å². The number of nitrogens with two attached hydrogens (primary N) is 1. The molecule has 1 heterocycles. The van der Waals surface area contributed by atoms with Crippen LogP contribution in [0.5, 0.6) is 0 Å². The normalized spacial score (nSPS) is 35.2. The van der Waals surface area contributed by atoms with Crippen molar-refractivity contribution >= 4 is 0 Å². The third kappa shape index (κ3) is 1.30. The zero-order valence-corrected chi connectivity index (χ0v) is 7.10. The van der Waals surface area contributed by atoms with Gasteiger partial charge in [-0.1, -0.05) is 0 Å². The zero-order chi connectivity index (χ0) is 7.73. The fourth-order valence-electron chi connectivity index (χ4n) is 2.45. The molecule has 0 bridgehead atoms. The van der Waals surface area contributed by atoms with Crippen molar-refractivity contribution in [1.82, 2.24) is 5.32 Å². The van der Waals surface area contributed by atoms with E-state index in [0.29, 0.717) is 5.54 Å².